The lowest BCUT2D eigenvalue weighted by Gasteiger charge is -2.17. The number of para-hydroxylation sites is 2. The van der Waals surface area contributed by atoms with Crippen molar-refractivity contribution in [3.05, 3.63) is 35.5 Å². The topological polar surface area (TPSA) is 108 Å². The van der Waals surface area contributed by atoms with Crippen LogP contribution in [0.25, 0.3) is 0 Å². The van der Waals surface area contributed by atoms with Gasteiger partial charge in [0.1, 0.15) is 5.70 Å². The Hall–Kier alpha value is -2.87. The molecule has 26 heavy (non-hydrogen) atoms. The zero-order valence-corrected chi connectivity index (χ0v) is 15.0. The van der Waals surface area contributed by atoms with Gasteiger partial charge < -0.3 is 25.4 Å². The number of benzene rings is 1. The molecule has 0 bridgehead atoms. The lowest BCUT2D eigenvalue weighted by Crippen LogP contribution is -2.31. The minimum absolute atomic E-state index is 0.0505. The fourth-order valence-corrected chi connectivity index (χ4v) is 2.46. The van der Waals surface area contributed by atoms with Crippen LogP contribution in [0.5, 0.6) is 0 Å². The van der Waals surface area contributed by atoms with Crippen LogP contribution < -0.4 is 10.6 Å². The van der Waals surface area contributed by atoms with E-state index in [1.54, 1.807) is 38.1 Å². The maximum absolute atomic E-state index is 12.6. The lowest BCUT2D eigenvalue weighted by molar-refractivity contribution is -0.136. The first kappa shape index (κ1) is 19.5. The first-order valence-corrected chi connectivity index (χ1v) is 8.27. The Balaban J connectivity index is 2.34. The summed E-state index contributed by atoms with van der Waals surface area (Å²) >= 11 is 0. The lowest BCUT2D eigenvalue weighted by atomic mass is 10.2. The number of carbonyl (C=O) groups excluding carboxylic acids is 3. The van der Waals surface area contributed by atoms with Gasteiger partial charge in [-0.2, -0.15) is 0 Å². The van der Waals surface area contributed by atoms with Crippen LogP contribution in [0.3, 0.4) is 0 Å². The van der Waals surface area contributed by atoms with Gasteiger partial charge in [0.05, 0.1) is 37.2 Å². The Labute approximate surface area is 151 Å². The SMILES string of the molecule is COC(=O)C1=C(Nc2ccccc2NC(=O)C(C)C)C(=O)N(CCO)C1. The molecule has 8 heteroatoms. The van der Waals surface area contributed by atoms with E-state index in [-0.39, 0.29) is 42.8 Å². The molecule has 2 amide bonds. The van der Waals surface area contributed by atoms with E-state index in [1.165, 1.54) is 12.0 Å². The molecule has 0 spiro atoms. The predicted octanol–water partition coefficient (Wildman–Crippen LogP) is 0.955. The van der Waals surface area contributed by atoms with Crippen molar-refractivity contribution in [2.75, 3.05) is 37.4 Å². The number of nitrogens with zero attached hydrogens (tertiary/aromatic N) is 1. The number of anilines is 2. The highest BCUT2D eigenvalue weighted by molar-refractivity contribution is 6.09. The fourth-order valence-electron chi connectivity index (χ4n) is 2.46. The smallest absolute Gasteiger partial charge is 0.337 e. The van der Waals surface area contributed by atoms with Gasteiger partial charge >= 0.3 is 5.97 Å². The minimum atomic E-state index is -0.620. The van der Waals surface area contributed by atoms with Crippen LogP contribution >= 0.6 is 0 Å². The summed E-state index contributed by atoms with van der Waals surface area (Å²) < 4.78 is 4.76. The van der Waals surface area contributed by atoms with Gasteiger partial charge in [0.2, 0.25) is 5.91 Å². The molecule has 0 unspecified atom stereocenters. The molecular formula is C18H23N3O5. The summed E-state index contributed by atoms with van der Waals surface area (Å²) in [5.74, 6) is -1.41. The molecule has 0 fully saturated rings. The van der Waals surface area contributed by atoms with E-state index < -0.39 is 11.9 Å². The van der Waals surface area contributed by atoms with E-state index in [4.69, 9.17) is 9.84 Å². The second-order valence-corrected chi connectivity index (χ2v) is 6.11. The van der Waals surface area contributed by atoms with Crippen molar-refractivity contribution >= 4 is 29.2 Å². The van der Waals surface area contributed by atoms with Gasteiger partial charge in [-0.3, -0.25) is 9.59 Å². The highest BCUT2D eigenvalue weighted by atomic mass is 16.5. The predicted molar refractivity (Wildman–Crippen MR) is 96.2 cm³/mol. The van der Waals surface area contributed by atoms with Crippen molar-refractivity contribution in [3.8, 4) is 0 Å². The molecule has 2 rings (SSSR count). The maximum Gasteiger partial charge on any atom is 0.337 e. The molecule has 3 N–H and O–H groups in total. The van der Waals surface area contributed by atoms with Gasteiger partial charge in [-0.15, -0.1) is 0 Å². The van der Waals surface area contributed by atoms with Gasteiger partial charge in [-0.05, 0) is 12.1 Å². The Morgan fingerprint density at radius 1 is 1.27 bits per heavy atom. The molecule has 8 nitrogen and oxygen atoms in total. The third-order valence-electron chi connectivity index (χ3n) is 3.92. The number of hydrogen-bond acceptors (Lipinski definition) is 6. The van der Waals surface area contributed by atoms with E-state index >= 15 is 0 Å². The Morgan fingerprint density at radius 3 is 2.50 bits per heavy atom. The van der Waals surface area contributed by atoms with Gasteiger partial charge in [0, 0.05) is 12.5 Å². The molecule has 1 aliphatic heterocycles. The summed E-state index contributed by atoms with van der Waals surface area (Å²) in [7, 11) is 1.24. The summed E-state index contributed by atoms with van der Waals surface area (Å²) in [6, 6.07) is 6.90. The van der Waals surface area contributed by atoms with Crippen molar-refractivity contribution < 1.29 is 24.2 Å². The average Bonchev–Trinajstić information content (AvgIpc) is 2.92. The zero-order chi connectivity index (χ0) is 19.3. The number of β-amino-alcohol motifs (C(OH)–C–C–N with tert-alkyl or cyclic N) is 1. The van der Waals surface area contributed by atoms with E-state index in [0.717, 1.165) is 0 Å². The number of hydrogen-bond donors (Lipinski definition) is 3. The van der Waals surface area contributed by atoms with E-state index in [2.05, 4.69) is 10.6 Å². The Morgan fingerprint density at radius 2 is 1.92 bits per heavy atom. The highest BCUT2D eigenvalue weighted by Gasteiger charge is 2.34. The second kappa shape index (κ2) is 8.48. The number of nitrogens with one attached hydrogen (secondary N) is 2. The molecule has 0 aromatic heterocycles. The number of aliphatic hydroxyl groups is 1. The number of esters is 1. The first-order chi connectivity index (χ1) is 12.4. The Kier molecular flexibility index (Phi) is 6.35. The van der Waals surface area contributed by atoms with Crippen molar-refractivity contribution in [1.29, 1.82) is 0 Å². The monoisotopic (exact) mass is 361 g/mol. The van der Waals surface area contributed by atoms with Crippen molar-refractivity contribution in [2.24, 2.45) is 5.92 Å². The normalized spacial score (nSPS) is 14.0. The maximum atomic E-state index is 12.6. The molecule has 0 radical (unpaired) electrons. The minimum Gasteiger partial charge on any atom is -0.466 e. The molecule has 1 aromatic rings. The van der Waals surface area contributed by atoms with E-state index in [9.17, 15) is 14.4 Å². The van der Waals surface area contributed by atoms with Crippen LogP contribution in [-0.4, -0.2) is 54.6 Å². The number of methoxy groups -OCH3 is 1. The summed E-state index contributed by atoms with van der Waals surface area (Å²) in [6.07, 6.45) is 0. The quantitative estimate of drug-likeness (QED) is 0.624. The van der Waals surface area contributed by atoms with E-state index in [0.29, 0.717) is 11.4 Å². The molecule has 0 saturated carbocycles. The van der Waals surface area contributed by atoms with Crippen LogP contribution in [0.15, 0.2) is 35.5 Å². The van der Waals surface area contributed by atoms with Gasteiger partial charge in [-0.1, -0.05) is 26.0 Å². The standard InChI is InChI=1S/C18H23N3O5/c1-11(2)16(23)20-14-7-5-4-6-13(14)19-15-12(18(25)26-3)10-21(8-9-22)17(15)24/h4-7,11,19,22H,8-10H2,1-3H3,(H,20,23). The van der Waals surface area contributed by atoms with Crippen molar-refractivity contribution in [2.45, 2.75) is 13.8 Å². The number of amides is 2. The molecule has 1 aromatic carbocycles. The highest BCUT2D eigenvalue weighted by Crippen LogP contribution is 2.27. The summed E-state index contributed by atoms with van der Waals surface area (Å²) in [5.41, 5.74) is 1.24. The second-order valence-electron chi connectivity index (χ2n) is 6.11. The van der Waals surface area contributed by atoms with Crippen LogP contribution in [0.4, 0.5) is 11.4 Å². The molecular weight excluding hydrogens is 338 g/mol. The van der Waals surface area contributed by atoms with Crippen LogP contribution in [0.2, 0.25) is 0 Å². The number of ether oxygens (including phenoxy) is 1. The van der Waals surface area contributed by atoms with Crippen LogP contribution in [0, 0.1) is 5.92 Å². The average molecular weight is 361 g/mol. The van der Waals surface area contributed by atoms with Crippen LogP contribution in [-0.2, 0) is 19.1 Å². The summed E-state index contributed by atoms with van der Waals surface area (Å²) in [5, 5.41) is 14.8. The van der Waals surface area contributed by atoms with Gasteiger partial charge in [-0.25, -0.2) is 4.79 Å². The number of rotatable bonds is 7. The summed E-state index contributed by atoms with van der Waals surface area (Å²) in [6.45, 7) is 3.49. The zero-order valence-electron chi connectivity index (χ0n) is 15.0. The van der Waals surface area contributed by atoms with Crippen LogP contribution in [0.1, 0.15) is 13.8 Å². The van der Waals surface area contributed by atoms with Crippen molar-refractivity contribution in [1.82, 2.24) is 4.90 Å². The Bertz CT molecular complexity index is 742. The third kappa shape index (κ3) is 4.20. The number of aliphatic hydroxyl groups excluding tert-OH is 1. The number of carbonyl (C=O) groups is 3. The molecule has 0 saturated heterocycles. The molecule has 1 heterocycles. The largest absolute Gasteiger partial charge is 0.466 e. The van der Waals surface area contributed by atoms with Crippen molar-refractivity contribution in [3.63, 3.8) is 0 Å². The van der Waals surface area contributed by atoms with Gasteiger partial charge in [0.15, 0.2) is 0 Å². The third-order valence-corrected chi connectivity index (χ3v) is 3.92. The van der Waals surface area contributed by atoms with E-state index in [1.807, 2.05) is 0 Å². The fraction of sp³-hybridized carbons (Fsp3) is 0.389. The summed E-state index contributed by atoms with van der Waals surface area (Å²) in [4.78, 5) is 37.9. The molecule has 140 valence electrons. The van der Waals surface area contributed by atoms with Gasteiger partial charge in [0.25, 0.3) is 5.91 Å². The molecule has 1 aliphatic rings. The molecule has 0 aliphatic carbocycles. The molecule has 0 atom stereocenters. The first-order valence-electron chi connectivity index (χ1n) is 8.27.